The van der Waals surface area contributed by atoms with E-state index in [0.717, 1.165) is 23.6 Å². The largest absolute Gasteiger partial charge is 0.369 e. The third-order valence-corrected chi connectivity index (χ3v) is 11.3. The molecule has 1 aromatic carbocycles. The van der Waals surface area contributed by atoms with Crippen LogP contribution in [0.1, 0.15) is 44.9 Å². The molecular weight excluding hydrogens is 473 g/mol. The van der Waals surface area contributed by atoms with Gasteiger partial charge in [0.15, 0.2) is 0 Å². The van der Waals surface area contributed by atoms with Crippen LogP contribution in [0.25, 0.3) is 0 Å². The fourth-order valence-electron chi connectivity index (χ4n) is 6.75. The van der Waals surface area contributed by atoms with E-state index in [1.165, 1.54) is 19.2 Å². The van der Waals surface area contributed by atoms with Crippen molar-refractivity contribution in [2.75, 3.05) is 7.05 Å². The maximum absolute atomic E-state index is 13.4. The fourth-order valence-corrected chi connectivity index (χ4v) is 9.36. The molecule has 5 aliphatic carbocycles. The van der Waals surface area contributed by atoms with Crippen LogP contribution in [0.4, 0.5) is 0 Å². The van der Waals surface area contributed by atoms with Gasteiger partial charge in [-0.1, -0.05) is 29.3 Å². The van der Waals surface area contributed by atoms with E-state index in [2.05, 4.69) is 5.32 Å². The van der Waals surface area contributed by atoms with E-state index in [1.807, 2.05) is 0 Å². The summed E-state index contributed by atoms with van der Waals surface area (Å²) in [5.74, 6) is 0.385. The van der Waals surface area contributed by atoms with Crippen molar-refractivity contribution in [3.05, 3.63) is 28.2 Å². The summed E-state index contributed by atoms with van der Waals surface area (Å²) in [4.78, 5) is 25.5. The van der Waals surface area contributed by atoms with Gasteiger partial charge in [-0.15, -0.1) is 0 Å². The number of nitrogens with zero attached hydrogens (tertiary/aromatic N) is 1. The number of benzene rings is 1. The lowest BCUT2D eigenvalue weighted by molar-refractivity contribution is -0.148. The van der Waals surface area contributed by atoms with Crippen molar-refractivity contribution < 1.29 is 18.0 Å². The minimum absolute atomic E-state index is 0.0262. The van der Waals surface area contributed by atoms with Crippen molar-refractivity contribution in [2.24, 2.45) is 28.9 Å². The smallest absolute Gasteiger partial charge is 0.246 e. The molecule has 174 valence electrons. The van der Waals surface area contributed by atoms with Crippen molar-refractivity contribution in [3.63, 3.8) is 0 Å². The number of sulfonamides is 1. The highest BCUT2D eigenvalue weighted by atomic mass is 35.5. The van der Waals surface area contributed by atoms with E-state index >= 15 is 0 Å². The Balaban J connectivity index is 1.37. The lowest BCUT2D eigenvalue weighted by Gasteiger charge is -2.59. The standard InChI is InChI=1S/C22H27Cl2N3O4S/c1-27(32(30,31)18-15(23)3-2-4-16(18)24)22(5-6-22)20(29)26-17-13-7-12-8-14(17)11-21(9-12,10-13)19(25)28/h2-4,12-14,17H,5-11H2,1H3,(H2,25,28)(H,26,29). The Bertz CT molecular complexity index is 1070. The molecule has 0 spiro atoms. The van der Waals surface area contributed by atoms with Gasteiger partial charge in [-0.25, -0.2) is 8.42 Å². The van der Waals surface area contributed by atoms with Gasteiger partial charge in [-0.05, 0) is 74.8 Å². The number of amides is 2. The second-order valence-electron chi connectivity index (χ2n) is 10.2. The van der Waals surface area contributed by atoms with Crippen LogP contribution in [-0.2, 0) is 19.6 Å². The number of halogens is 2. The summed E-state index contributed by atoms with van der Waals surface area (Å²) in [5.41, 5.74) is 4.19. The minimum atomic E-state index is -4.08. The Morgan fingerprint density at radius 3 is 2.16 bits per heavy atom. The molecule has 0 heterocycles. The van der Waals surface area contributed by atoms with Gasteiger partial charge in [-0.3, -0.25) is 9.59 Å². The van der Waals surface area contributed by atoms with Crippen molar-refractivity contribution in [3.8, 4) is 0 Å². The van der Waals surface area contributed by atoms with Crippen LogP contribution in [0.5, 0.6) is 0 Å². The van der Waals surface area contributed by atoms with Gasteiger partial charge >= 0.3 is 0 Å². The number of hydrogen-bond donors (Lipinski definition) is 2. The van der Waals surface area contributed by atoms with Gasteiger partial charge in [0.2, 0.25) is 21.8 Å². The molecule has 4 bridgehead atoms. The maximum atomic E-state index is 13.4. The summed E-state index contributed by atoms with van der Waals surface area (Å²) in [5, 5.41) is 3.24. The lowest BCUT2D eigenvalue weighted by atomic mass is 9.47. The van der Waals surface area contributed by atoms with Crippen molar-refractivity contribution in [1.82, 2.24) is 9.62 Å². The minimum Gasteiger partial charge on any atom is -0.369 e. The first-order valence-corrected chi connectivity index (χ1v) is 13.2. The Kier molecular flexibility index (Phi) is 5.14. The van der Waals surface area contributed by atoms with Crippen LogP contribution in [0, 0.1) is 23.2 Å². The first-order chi connectivity index (χ1) is 15.0. The Morgan fingerprint density at radius 2 is 1.66 bits per heavy atom. The van der Waals surface area contributed by atoms with E-state index < -0.39 is 21.0 Å². The van der Waals surface area contributed by atoms with Gasteiger partial charge in [-0.2, -0.15) is 4.31 Å². The molecule has 5 fully saturated rings. The molecule has 2 amide bonds. The molecule has 0 radical (unpaired) electrons. The van der Waals surface area contributed by atoms with Crippen molar-refractivity contribution >= 4 is 45.0 Å². The average Bonchev–Trinajstić information content (AvgIpc) is 3.51. The van der Waals surface area contributed by atoms with Gasteiger partial charge in [0, 0.05) is 18.5 Å². The predicted octanol–water partition coefficient (Wildman–Crippen LogP) is 2.94. The van der Waals surface area contributed by atoms with E-state index in [0.29, 0.717) is 31.6 Å². The number of nitrogens with one attached hydrogen (secondary N) is 1. The maximum Gasteiger partial charge on any atom is 0.246 e. The van der Waals surface area contributed by atoms with Gasteiger partial charge in [0.1, 0.15) is 10.4 Å². The highest BCUT2D eigenvalue weighted by Gasteiger charge is 2.61. The quantitative estimate of drug-likeness (QED) is 0.626. The van der Waals surface area contributed by atoms with Crippen LogP contribution in [0.15, 0.2) is 23.1 Å². The summed E-state index contributed by atoms with van der Waals surface area (Å²) in [6.07, 6.45) is 5.10. The zero-order valence-corrected chi connectivity index (χ0v) is 20.1. The lowest BCUT2D eigenvalue weighted by Crippen LogP contribution is -2.64. The van der Waals surface area contributed by atoms with Crippen molar-refractivity contribution in [2.45, 2.75) is 61.4 Å². The first kappa shape index (κ1) is 22.4. The molecule has 0 aromatic heterocycles. The molecule has 0 aliphatic heterocycles. The molecule has 10 heteroatoms. The first-order valence-electron chi connectivity index (χ1n) is 11.0. The number of nitrogens with two attached hydrogens (primary N) is 1. The molecule has 6 rings (SSSR count). The molecule has 7 nitrogen and oxygen atoms in total. The number of rotatable bonds is 6. The van der Waals surface area contributed by atoms with E-state index in [9.17, 15) is 18.0 Å². The molecule has 32 heavy (non-hydrogen) atoms. The number of carbonyl (C=O) groups excluding carboxylic acids is 2. The molecule has 0 saturated heterocycles. The van der Waals surface area contributed by atoms with Crippen molar-refractivity contribution in [1.29, 1.82) is 0 Å². The Labute approximate surface area is 198 Å². The normalized spacial score (nSPS) is 34.5. The summed E-state index contributed by atoms with van der Waals surface area (Å²) < 4.78 is 27.8. The number of likely N-dealkylation sites (N-methyl/N-ethyl adjacent to an activating group) is 1. The topological polar surface area (TPSA) is 110 Å². The molecule has 3 N–H and O–H groups in total. The molecule has 2 unspecified atom stereocenters. The number of carbonyl (C=O) groups is 2. The van der Waals surface area contributed by atoms with E-state index in [-0.39, 0.29) is 44.6 Å². The molecule has 1 aromatic rings. The van der Waals surface area contributed by atoms with E-state index in [1.54, 1.807) is 6.07 Å². The average molecular weight is 500 g/mol. The molecule has 2 atom stereocenters. The number of primary amides is 1. The SMILES string of the molecule is CN(C1(C(=O)NC2C3CC4CC2CC(C(N)=O)(C4)C3)CC1)S(=O)(=O)c1c(Cl)cccc1Cl. The van der Waals surface area contributed by atoms with E-state index in [4.69, 9.17) is 28.9 Å². The highest BCUT2D eigenvalue weighted by molar-refractivity contribution is 7.89. The summed E-state index contributed by atoms with van der Waals surface area (Å²) in [6, 6.07) is 4.46. The summed E-state index contributed by atoms with van der Waals surface area (Å²) >= 11 is 12.3. The van der Waals surface area contributed by atoms with Crippen LogP contribution in [0.2, 0.25) is 10.0 Å². The zero-order valence-electron chi connectivity index (χ0n) is 17.8. The Morgan fingerprint density at radius 1 is 1.09 bits per heavy atom. The monoisotopic (exact) mass is 499 g/mol. The zero-order chi connectivity index (χ0) is 23.1. The van der Waals surface area contributed by atoms with Gasteiger partial charge in [0.05, 0.1) is 10.0 Å². The molecule has 5 aliphatic rings. The van der Waals surface area contributed by atoms with Crippen LogP contribution >= 0.6 is 23.2 Å². The second kappa shape index (κ2) is 7.32. The fraction of sp³-hybridized carbons (Fsp3) is 0.636. The van der Waals surface area contributed by atoms with Gasteiger partial charge < -0.3 is 11.1 Å². The van der Waals surface area contributed by atoms with Crippen LogP contribution < -0.4 is 11.1 Å². The number of hydrogen-bond acceptors (Lipinski definition) is 4. The second-order valence-corrected chi connectivity index (χ2v) is 12.9. The third-order valence-electron chi connectivity index (χ3n) is 8.38. The van der Waals surface area contributed by atoms with Crippen LogP contribution in [-0.4, -0.2) is 43.2 Å². The Hall–Kier alpha value is -1.35. The van der Waals surface area contributed by atoms with Gasteiger partial charge in [0.25, 0.3) is 0 Å². The molecule has 5 saturated carbocycles. The predicted molar refractivity (Wildman–Crippen MR) is 120 cm³/mol. The van der Waals surface area contributed by atoms with Crippen LogP contribution in [0.3, 0.4) is 0 Å². The highest BCUT2D eigenvalue weighted by Crippen LogP contribution is 2.60. The summed E-state index contributed by atoms with van der Waals surface area (Å²) in [6.45, 7) is 0. The molecular formula is C22H27Cl2N3O4S. The summed E-state index contributed by atoms with van der Waals surface area (Å²) in [7, 11) is -2.66. The third kappa shape index (κ3) is 3.21.